The van der Waals surface area contributed by atoms with Gasteiger partial charge < -0.3 is 16.0 Å². The molecule has 82 valence electrons. The fourth-order valence-electron chi connectivity index (χ4n) is 2.58. The molecule has 0 radical (unpaired) electrons. The quantitative estimate of drug-likeness (QED) is 0.772. The number of fused-ring (bicyclic) bond motifs is 3. The first kappa shape index (κ1) is 9.35. The van der Waals surface area contributed by atoms with Gasteiger partial charge in [-0.3, -0.25) is 0 Å². The summed E-state index contributed by atoms with van der Waals surface area (Å²) in [7, 11) is 0. The van der Waals surface area contributed by atoms with Crippen LogP contribution >= 0.6 is 11.5 Å². The normalized spacial score (nSPS) is 34.3. The van der Waals surface area contributed by atoms with E-state index in [-0.39, 0.29) is 0 Å². The van der Waals surface area contributed by atoms with Crippen molar-refractivity contribution in [2.24, 2.45) is 5.92 Å². The molecule has 0 amide bonds. The summed E-state index contributed by atoms with van der Waals surface area (Å²) in [6.45, 7) is 3.67. The lowest BCUT2D eigenvalue weighted by molar-refractivity contribution is 0.0975. The zero-order valence-corrected chi connectivity index (χ0v) is 9.33. The van der Waals surface area contributed by atoms with E-state index < -0.39 is 0 Å². The summed E-state index contributed by atoms with van der Waals surface area (Å²) in [5.74, 6) is 1.18. The zero-order chi connectivity index (χ0) is 10.3. The topological polar surface area (TPSA) is 67.1 Å². The average molecular weight is 225 g/mol. The van der Waals surface area contributed by atoms with Gasteiger partial charge in [0.25, 0.3) is 0 Å². The highest BCUT2D eigenvalue weighted by atomic mass is 32.1. The Kier molecular flexibility index (Phi) is 2.25. The molecule has 3 saturated heterocycles. The van der Waals surface area contributed by atoms with E-state index in [9.17, 15) is 0 Å². The second-order valence-electron chi connectivity index (χ2n) is 4.35. The molecule has 4 heterocycles. The van der Waals surface area contributed by atoms with Crippen molar-refractivity contribution in [3.05, 3.63) is 0 Å². The molecule has 0 aromatic carbocycles. The summed E-state index contributed by atoms with van der Waals surface area (Å²) in [6.07, 6.45) is 2.62. The number of piperidine rings is 3. The standard InChI is InChI=1S/C9H15N5S/c10-8-12-9(15-13-8)11-7-5-14-3-1-6(7)2-4-14/h6-7H,1-5H2,(H3,10,11,12,13). The van der Waals surface area contributed by atoms with Gasteiger partial charge in [-0.25, -0.2) is 0 Å². The van der Waals surface area contributed by atoms with Gasteiger partial charge in [0.1, 0.15) is 0 Å². The lowest BCUT2D eigenvalue weighted by Crippen LogP contribution is -2.53. The summed E-state index contributed by atoms with van der Waals surface area (Å²) >= 11 is 1.35. The van der Waals surface area contributed by atoms with Crippen molar-refractivity contribution in [2.45, 2.75) is 18.9 Å². The first-order valence-electron chi connectivity index (χ1n) is 5.39. The highest BCUT2D eigenvalue weighted by molar-refractivity contribution is 7.09. The van der Waals surface area contributed by atoms with E-state index in [2.05, 4.69) is 19.6 Å². The van der Waals surface area contributed by atoms with Crippen LogP contribution in [0.15, 0.2) is 0 Å². The monoisotopic (exact) mass is 225 g/mol. The molecule has 6 heteroatoms. The van der Waals surface area contributed by atoms with Crippen molar-refractivity contribution in [1.29, 1.82) is 0 Å². The molecule has 3 aliphatic heterocycles. The number of nitrogens with one attached hydrogen (secondary N) is 1. The maximum atomic E-state index is 5.50. The molecular formula is C9H15N5S. The van der Waals surface area contributed by atoms with Crippen molar-refractivity contribution >= 4 is 22.6 Å². The summed E-state index contributed by atoms with van der Waals surface area (Å²) in [6, 6.07) is 0.542. The van der Waals surface area contributed by atoms with Crippen LogP contribution in [0.5, 0.6) is 0 Å². The molecule has 2 bridgehead atoms. The molecule has 0 saturated carbocycles. The van der Waals surface area contributed by atoms with Gasteiger partial charge in [-0.05, 0) is 31.8 Å². The van der Waals surface area contributed by atoms with Gasteiger partial charge in [-0.2, -0.15) is 9.36 Å². The van der Waals surface area contributed by atoms with Crippen LogP contribution in [0.4, 0.5) is 11.1 Å². The Bertz CT molecular complexity index is 344. The van der Waals surface area contributed by atoms with E-state index in [1.165, 1.54) is 37.5 Å². The largest absolute Gasteiger partial charge is 0.367 e. The fraction of sp³-hybridized carbons (Fsp3) is 0.778. The minimum Gasteiger partial charge on any atom is -0.367 e. The van der Waals surface area contributed by atoms with E-state index in [1.807, 2.05) is 0 Å². The fourth-order valence-corrected chi connectivity index (χ4v) is 3.14. The van der Waals surface area contributed by atoms with E-state index in [4.69, 9.17) is 5.73 Å². The minimum absolute atomic E-state index is 0.378. The van der Waals surface area contributed by atoms with Crippen molar-refractivity contribution in [3.8, 4) is 0 Å². The number of hydrogen-bond donors (Lipinski definition) is 2. The second-order valence-corrected chi connectivity index (χ2v) is 5.10. The van der Waals surface area contributed by atoms with Crippen LogP contribution in [-0.4, -0.2) is 39.9 Å². The third-order valence-electron chi connectivity index (χ3n) is 3.41. The van der Waals surface area contributed by atoms with E-state index >= 15 is 0 Å². The van der Waals surface area contributed by atoms with Gasteiger partial charge in [-0.15, -0.1) is 0 Å². The molecule has 5 nitrogen and oxygen atoms in total. The lowest BCUT2D eigenvalue weighted by Gasteiger charge is -2.44. The Morgan fingerprint density at radius 2 is 2.20 bits per heavy atom. The van der Waals surface area contributed by atoms with E-state index in [1.54, 1.807) is 0 Å². The van der Waals surface area contributed by atoms with Crippen LogP contribution in [0.1, 0.15) is 12.8 Å². The molecule has 1 aromatic rings. The van der Waals surface area contributed by atoms with Gasteiger partial charge >= 0.3 is 0 Å². The third-order valence-corrected chi connectivity index (χ3v) is 4.07. The lowest BCUT2D eigenvalue weighted by atomic mass is 9.84. The third kappa shape index (κ3) is 1.79. The predicted molar refractivity (Wildman–Crippen MR) is 60.9 cm³/mol. The van der Waals surface area contributed by atoms with Gasteiger partial charge in [-0.1, -0.05) is 0 Å². The van der Waals surface area contributed by atoms with Crippen LogP contribution in [0.2, 0.25) is 0 Å². The number of anilines is 2. The molecule has 4 rings (SSSR count). The Morgan fingerprint density at radius 3 is 2.73 bits per heavy atom. The Labute approximate surface area is 92.8 Å². The number of hydrogen-bond acceptors (Lipinski definition) is 6. The van der Waals surface area contributed by atoms with Crippen LogP contribution in [0, 0.1) is 5.92 Å². The van der Waals surface area contributed by atoms with Gasteiger partial charge in [0.15, 0.2) is 0 Å². The average Bonchev–Trinajstić information content (AvgIpc) is 2.66. The maximum absolute atomic E-state index is 5.50. The molecule has 1 atom stereocenters. The second kappa shape index (κ2) is 3.61. The molecule has 1 aromatic heterocycles. The molecule has 3 aliphatic rings. The Balaban J connectivity index is 1.68. The van der Waals surface area contributed by atoms with Crippen molar-refractivity contribution in [1.82, 2.24) is 14.3 Å². The van der Waals surface area contributed by atoms with Crippen molar-refractivity contribution in [3.63, 3.8) is 0 Å². The summed E-state index contributed by atoms with van der Waals surface area (Å²) in [5.41, 5.74) is 5.50. The highest BCUT2D eigenvalue weighted by Crippen LogP contribution is 2.30. The minimum atomic E-state index is 0.378. The summed E-state index contributed by atoms with van der Waals surface area (Å²) in [5, 5.41) is 4.32. The summed E-state index contributed by atoms with van der Waals surface area (Å²) in [4.78, 5) is 6.66. The molecule has 1 unspecified atom stereocenters. The SMILES string of the molecule is Nc1nsc(NC2CN3CCC2CC3)n1. The predicted octanol–water partition coefficient (Wildman–Crippen LogP) is 0.626. The number of nitrogens with two attached hydrogens (primary N) is 1. The van der Waals surface area contributed by atoms with E-state index in [0.717, 1.165) is 17.6 Å². The smallest absolute Gasteiger partial charge is 0.233 e. The Hall–Kier alpha value is -0.880. The molecule has 3 fully saturated rings. The number of aromatic nitrogens is 2. The van der Waals surface area contributed by atoms with Crippen LogP contribution < -0.4 is 11.1 Å². The van der Waals surface area contributed by atoms with Crippen molar-refractivity contribution in [2.75, 3.05) is 30.7 Å². The zero-order valence-electron chi connectivity index (χ0n) is 8.52. The first-order valence-corrected chi connectivity index (χ1v) is 6.17. The van der Waals surface area contributed by atoms with Gasteiger partial charge in [0, 0.05) is 24.1 Å². The maximum Gasteiger partial charge on any atom is 0.233 e. The number of nitrogen functional groups attached to an aromatic ring is 1. The molecule has 0 aliphatic carbocycles. The van der Waals surface area contributed by atoms with Crippen LogP contribution in [0.25, 0.3) is 0 Å². The first-order chi connectivity index (χ1) is 7.31. The van der Waals surface area contributed by atoms with Gasteiger partial charge in [0.2, 0.25) is 11.1 Å². The van der Waals surface area contributed by atoms with Crippen LogP contribution in [0.3, 0.4) is 0 Å². The highest BCUT2D eigenvalue weighted by Gasteiger charge is 2.34. The van der Waals surface area contributed by atoms with Crippen LogP contribution in [-0.2, 0) is 0 Å². The molecular weight excluding hydrogens is 210 g/mol. The number of nitrogens with zero attached hydrogens (tertiary/aromatic N) is 3. The molecule has 15 heavy (non-hydrogen) atoms. The van der Waals surface area contributed by atoms with Gasteiger partial charge in [0.05, 0.1) is 0 Å². The number of rotatable bonds is 2. The molecule has 0 spiro atoms. The molecule has 3 N–H and O–H groups in total. The summed E-state index contributed by atoms with van der Waals surface area (Å²) < 4.78 is 3.98. The Morgan fingerprint density at radius 1 is 1.40 bits per heavy atom. The van der Waals surface area contributed by atoms with E-state index in [0.29, 0.717) is 12.0 Å². The van der Waals surface area contributed by atoms with Crippen molar-refractivity contribution < 1.29 is 0 Å².